The van der Waals surface area contributed by atoms with E-state index in [0.29, 0.717) is 9.35 Å². The molecule has 31 heavy (non-hydrogen) atoms. The quantitative estimate of drug-likeness (QED) is 0.297. The Morgan fingerprint density at radius 3 is 2.35 bits per heavy atom. The van der Waals surface area contributed by atoms with Crippen molar-refractivity contribution >= 4 is 44.9 Å². The molecule has 0 bridgehead atoms. The van der Waals surface area contributed by atoms with Gasteiger partial charge in [0.2, 0.25) is 0 Å². The smallest absolute Gasteiger partial charge is 0.419 e. The fraction of sp³-hybridized carbons (Fsp3) is 0.333. The molecular formula is C21H21BrF3O4PS. The minimum absolute atomic E-state index is 0.0218. The van der Waals surface area contributed by atoms with Crippen LogP contribution in [0.15, 0.2) is 46.9 Å². The minimum Gasteiger partial charge on any atom is -0.507 e. The standard InChI is InChI=1S/C21H21BrF3O4PS/c1-3-28-30(27,29-4-2)17(20-19(22)14-7-5-6-8-18(14)31-20)12-13-9-10-16(26)15(11-13)21(23,24)25/h5-11,17,26H,3-4,12H2,1-2H3. The lowest BCUT2D eigenvalue weighted by atomic mass is 10.0. The first kappa shape index (κ1) is 24.3. The molecule has 0 spiro atoms. The van der Waals surface area contributed by atoms with Gasteiger partial charge in [0.25, 0.3) is 0 Å². The van der Waals surface area contributed by atoms with Crippen LogP contribution in [0.4, 0.5) is 13.2 Å². The number of phenols is 1. The van der Waals surface area contributed by atoms with E-state index in [1.165, 1.54) is 17.4 Å². The van der Waals surface area contributed by atoms with Gasteiger partial charge in [0.15, 0.2) is 0 Å². The molecule has 0 aliphatic rings. The molecule has 4 nitrogen and oxygen atoms in total. The summed E-state index contributed by atoms with van der Waals surface area (Å²) in [4.78, 5) is 0.674. The van der Waals surface area contributed by atoms with E-state index in [2.05, 4.69) is 15.9 Å². The molecule has 3 aromatic rings. The number of halogens is 4. The highest BCUT2D eigenvalue weighted by Gasteiger charge is 2.40. The van der Waals surface area contributed by atoms with Crippen molar-refractivity contribution in [3.8, 4) is 5.75 Å². The Labute approximate surface area is 190 Å². The van der Waals surface area contributed by atoms with Gasteiger partial charge in [0, 0.05) is 19.4 Å². The van der Waals surface area contributed by atoms with Crippen LogP contribution in [0.5, 0.6) is 5.75 Å². The van der Waals surface area contributed by atoms with E-state index in [4.69, 9.17) is 9.05 Å². The number of thiophene rings is 1. The van der Waals surface area contributed by atoms with Crippen molar-refractivity contribution < 1.29 is 31.9 Å². The zero-order valence-corrected chi connectivity index (χ0v) is 20.1. The third-order valence-electron chi connectivity index (χ3n) is 4.66. The number of hydrogen-bond acceptors (Lipinski definition) is 5. The van der Waals surface area contributed by atoms with Crippen LogP contribution in [0.2, 0.25) is 0 Å². The lowest BCUT2D eigenvalue weighted by molar-refractivity contribution is -0.138. The van der Waals surface area contributed by atoms with Gasteiger partial charge in [0.1, 0.15) is 11.4 Å². The van der Waals surface area contributed by atoms with Crippen LogP contribution in [0.3, 0.4) is 0 Å². The second-order valence-corrected chi connectivity index (χ2v) is 10.8. The van der Waals surface area contributed by atoms with Crippen LogP contribution < -0.4 is 0 Å². The molecule has 2 aromatic carbocycles. The Morgan fingerprint density at radius 2 is 1.77 bits per heavy atom. The summed E-state index contributed by atoms with van der Waals surface area (Å²) in [6.45, 7) is 3.62. The topological polar surface area (TPSA) is 55.8 Å². The first-order chi connectivity index (χ1) is 14.6. The summed E-state index contributed by atoms with van der Waals surface area (Å²) in [5, 5.41) is 10.6. The molecule has 0 aliphatic heterocycles. The third kappa shape index (κ3) is 5.17. The predicted molar refractivity (Wildman–Crippen MR) is 120 cm³/mol. The summed E-state index contributed by atoms with van der Waals surface area (Å²) < 4.78 is 66.5. The normalized spacial score (nSPS) is 13.6. The molecular weight excluding hydrogens is 516 g/mol. The molecule has 10 heteroatoms. The van der Waals surface area contributed by atoms with Gasteiger partial charge >= 0.3 is 13.8 Å². The van der Waals surface area contributed by atoms with Crippen molar-refractivity contribution in [2.24, 2.45) is 0 Å². The van der Waals surface area contributed by atoms with Crippen LogP contribution in [0.25, 0.3) is 10.1 Å². The van der Waals surface area contributed by atoms with Crippen molar-refractivity contribution in [1.82, 2.24) is 0 Å². The first-order valence-corrected chi connectivity index (χ1v) is 12.8. The molecule has 168 valence electrons. The van der Waals surface area contributed by atoms with Crippen molar-refractivity contribution in [3.05, 3.63) is 62.9 Å². The number of benzene rings is 2. The molecule has 0 aliphatic carbocycles. The van der Waals surface area contributed by atoms with Gasteiger partial charge in [-0.25, -0.2) is 0 Å². The lowest BCUT2D eigenvalue weighted by Crippen LogP contribution is -2.11. The van der Waals surface area contributed by atoms with Crippen LogP contribution in [-0.4, -0.2) is 18.3 Å². The molecule has 0 saturated carbocycles. The average Bonchev–Trinajstić information content (AvgIpc) is 3.03. The van der Waals surface area contributed by atoms with E-state index in [1.807, 2.05) is 24.3 Å². The van der Waals surface area contributed by atoms with Gasteiger partial charge in [-0.2, -0.15) is 13.2 Å². The molecule has 1 atom stereocenters. The summed E-state index contributed by atoms with van der Waals surface area (Å²) in [5.74, 6) is -0.853. The molecule has 0 saturated heterocycles. The summed E-state index contributed by atoms with van der Waals surface area (Å²) in [6, 6.07) is 10.8. The Bertz CT molecular complexity index is 1110. The highest BCUT2D eigenvalue weighted by molar-refractivity contribution is 9.10. The van der Waals surface area contributed by atoms with Crippen LogP contribution in [-0.2, 0) is 26.2 Å². The minimum atomic E-state index is -4.71. The molecule has 1 aromatic heterocycles. The number of alkyl halides is 3. The van der Waals surface area contributed by atoms with E-state index in [-0.39, 0.29) is 25.2 Å². The number of aromatic hydroxyl groups is 1. The largest absolute Gasteiger partial charge is 0.507 e. The third-order valence-corrected chi connectivity index (χ3v) is 9.67. The average molecular weight is 537 g/mol. The zero-order valence-electron chi connectivity index (χ0n) is 16.8. The van der Waals surface area contributed by atoms with E-state index < -0.39 is 30.7 Å². The molecule has 3 rings (SSSR count). The van der Waals surface area contributed by atoms with Crippen molar-refractivity contribution in [2.75, 3.05) is 13.2 Å². The Balaban J connectivity index is 2.15. The van der Waals surface area contributed by atoms with E-state index in [0.717, 1.165) is 22.2 Å². The maximum absolute atomic E-state index is 13.8. The monoisotopic (exact) mass is 536 g/mol. The number of hydrogen-bond donors (Lipinski definition) is 1. The van der Waals surface area contributed by atoms with Crippen molar-refractivity contribution in [1.29, 1.82) is 0 Å². The maximum atomic E-state index is 13.8. The second kappa shape index (κ2) is 9.63. The van der Waals surface area contributed by atoms with Crippen LogP contribution in [0, 0.1) is 0 Å². The zero-order chi connectivity index (χ0) is 22.8. The second-order valence-electron chi connectivity index (χ2n) is 6.72. The Morgan fingerprint density at radius 1 is 1.13 bits per heavy atom. The molecule has 0 fully saturated rings. The van der Waals surface area contributed by atoms with Crippen molar-refractivity contribution in [2.45, 2.75) is 32.1 Å². The van der Waals surface area contributed by atoms with Gasteiger partial charge in [0.05, 0.1) is 18.8 Å². The first-order valence-electron chi connectivity index (χ1n) is 9.55. The molecule has 0 radical (unpaired) electrons. The number of phenolic OH excluding ortho intramolecular Hbond substituents is 1. The van der Waals surface area contributed by atoms with Crippen LogP contribution in [0.1, 0.15) is 35.5 Å². The fourth-order valence-electron chi connectivity index (χ4n) is 3.33. The fourth-order valence-corrected chi connectivity index (χ4v) is 8.14. The highest BCUT2D eigenvalue weighted by Crippen LogP contribution is 2.64. The highest BCUT2D eigenvalue weighted by atomic mass is 79.9. The van der Waals surface area contributed by atoms with E-state index in [9.17, 15) is 22.8 Å². The Kier molecular flexibility index (Phi) is 7.54. The van der Waals surface area contributed by atoms with Crippen molar-refractivity contribution in [3.63, 3.8) is 0 Å². The summed E-state index contributed by atoms with van der Waals surface area (Å²) in [7, 11) is -3.73. The summed E-state index contributed by atoms with van der Waals surface area (Å²) in [6.07, 6.45) is -4.73. The lowest BCUT2D eigenvalue weighted by Gasteiger charge is -2.26. The van der Waals surface area contributed by atoms with Gasteiger partial charge in [-0.1, -0.05) is 24.3 Å². The SMILES string of the molecule is CCOP(=O)(OCC)C(Cc1ccc(O)c(C(F)(F)F)c1)c1sc2ccccc2c1Br. The van der Waals surface area contributed by atoms with Gasteiger partial charge in [-0.15, -0.1) is 11.3 Å². The van der Waals surface area contributed by atoms with Gasteiger partial charge < -0.3 is 14.2 Å². The van der Waals surface area contributed by atoms with Gasteiger partial charge in [-0.3, -0.25) is 4.57 Å². The number of fused-ring (bicyclic) bond motifs is 1. The van der Waals surface area contributed by atoms with Gasteiger partial charge in [-0.05, 0) is 60.0 Å². The van der Waals surface area contributed by atoms with E-state index in [1.54, 1.807) is 13.8 Å². The van der Waals surface area contributed by atoms with E-state index >= 15 is 0 Å². The Hall–Kier alpha value is -1.38. The summed E-state index contributed by atoms with van der Waals surface area (Å²) >= 11 is 4.97. The molecule has 0 amide bonds. The predicted octanol–water partition coefficient (Wildman–Crippen LogP) is 7.94. The molecule has 1 heterocycles. The molecule has 1 N–H and O–H groups in total. The summed E-state index contributed by atoms with van der Waals surface area (Å²) in [5.41, 5.74) is -1.70. The number of rotatable bonds is 8. The van der Waals surface area contributed by atoms with Crippen LogP contribution >= 0.6 is 34.9 Å². The maximum Gasteiger partial charge on any atom is 0.419 e. The molecule has 1 unspecified atom stereocenters.